The summed E-state index contributed by atoms with van der Waals surface area (Å²) in [4.78, 5) is 11.0. The molecule has 0 radical (unpaired) electrons. The molecule has 0 aliphatic heterocycles. The molecule has 0 unspecified atom stereocenters. The van der Waals surface area contributed by atoms with E-state index in [1.54, 1.807) is 12.1 Å². The van der Waals surface area contributed by atoms with Crippen LogP contribution >= 0.6 is 11.3 Å². The van der Waals surface area contributed by atoms with E-state index in [0.29, 0.717) is 5.69 Å². The number of benzene rings is 1. The quantitative estimate of drug-likeness (QED) is 0.830. The first kappa shape index (κ1) is 17.3. The summed E-state index contributed by atoms with van der Waals surface area (Å²) in [6, 6.07) is 7.12. The third-order valence-corrected chi connectivity index (χ3v) is 6.22. The normalized spacial score (nSPS) is 11.6. The van der Waals surface area contributed by atoms with E-state index in [9.17, 15) is 18.3 Å². The van der Waals surface area contributed by atoms with E-state index in [-0.39, 0.29) is 28.0 Å². The lowest BCUT2D eigenvalue weighted by molar-refractivity contribution is 0.0697. The van der Waals surface area contributed by atoms with Crippen LogP contribution in [0.3, 0.4) is 0 Å². The molecule has 2 aromatic rings. The van der Waals surface area contributed by atoms with E-state index in [2.05, 4.69) is 0 Å². The van der Waals surface area contributed by atoms with E-state index in [4.69, 9.17) is 5.11 Å². The number of thiophene rings is 1. The van der Waals surface area contributed by atoms with Crippen LogP contribution in [-0.4, -0.2) is 31.1 Å². The number of hydrogen-bond donors (Lipinski definition) is 2. The fraction of sp³-hybridized carbons (Fsp3) is 0.267. The van der Waals surface area contributed by atoms with Gasteiger partial charge in [-0.2, -0.15) is 0 Å². The van der Waals surface area contributed by atoms with Crippen molar-refractivity contribution in [1.82, 2.24) is 0 Å². The van der Waals surface area contributed by atoms with Gasteiger partial charge in [0.1, 0.15) is 9.96 Å². The molecule has 1 aromatic heterocycles. The smallest absolute Gasteiger partial charge is 0.336 e. The number of carboxylic acids is 1. The van der Waals surface area contributed by atoms with Gasteiger partial charge in [0.05, 0.1) is 11.3 Å². The molecule has 1 aromatic carbocycles. The molecule has 0 bridgehead atoms. The molecule has 2 N–H and O–H groups in total. The van der Waals surface area contributed by atoms with Crippen LogP contribution in [0, 0.1) is 5.92 Å². The van der Waals surface area contributed by atoms with Gasteiger partial charge in [-0.1, -0.05) is 19.9 Å². The van der Waals surface area contributed by atoms with Crippen LogP contribution < -0.4 is 4.31 Å². The van der Waals surface area contributed by atoms with Crippen molar-refractivity contribution in [2.45, 2.75) is 18.1 Å². The zero-order valence-electron chi connectivity index (χ0n) is 12.6. The molecule has 0 spiro atoms. The predicted molar refractivity (Wildman–Crippen MR) is 88.8 cm³/mol. The Labute approximate surface area is 138 Å². The molecular formula is C15H17NO5S2. The molecule has 1 heterocycles. The Kier molecular flexibility index (Phi) is 4.96. The fourth-order valence-corrected chi connectivity index (χ4v) is 4.88. The van der Waals surface area contributed by atoms with Crippen molar-refractivity contribution in [3.05, 3.63) is 41.3 Å². The summed E-state index contributed by atoms with van der Waals surface area (Å²) in [5.41, 5.74) is 0.276. The summed E-state index contributed by atoms with van der Waals surface area (Å²) < 4.78 is 26.9. The SMILES string of the molecule is CC(C)CN(c1cccc(O)c1)S(=O)(=O)c1cc(C(=O)O)cs1. The number of aromatic hydroxyl groups is 1. The first-order valence-corrected chi connectivity index (χ1v) is 9.17. The molecule has 0 aliphatic rings. The molecule has 0 fully saturated rings. The van der Waals surface area contributed by atoms with Gasteiger partial charge in [-0.3, -0.25) is 4.31 Å². The number of phenols is 1. The Hall–Kier alpha value is -2.06. The molecule has 23 heavy (non-hydrogen) atoms. The third-order valence-electron chi connectivity index (χ3n) is 3.02. The number of phenolic OH excluding ortho intramolecular Hbond substituents is 1. The average molecular weight is 355 g/mol. The summed E-state index contributed by atoms with van der Waals surface area (Å²) in [5.74, 6) is -1.16. The number of rotatable bonds is 6. The number of nitrogens with zero attached hydrogens (tertiary/aromatic N) is 1. The lowest BCUT2D eigenvalue weighted by Crippen LogP contribution is -2.33. The van der Waals surface area contributed by atoms with E-state index in [1.165, 1.54) is 21.8 Å². The maximum atomic E-state index is 12.9. The maximum absolute atomic E-state index is 12.9. The summed E-state index contributed by atoms with van der Waals surface area (Å²) in [6.45, 7) is 3.97. The Morgan fingerprint density at radius 3 is 2.52 bits per heavy atom. The number of carboxylic acid groups (broad SMARTS) is 1. The molecule has 0 atom stereocenters. The van der Waals surface area contributed by atoms with Crippen LogP contribution in [0.2, 0.25) is 0 Å². The molecular weight excluding hydrogens is 338 g/mol. The predicted octanol–water partition coefficient (Wildman–Crippen LogP) is 3.00. The van der Waals surface area contributed by atoms with Gasteiger partial charge in [0.15, 0.2) is 0 Å². The Balaban J connectivity index is 2.50. The molecule has 124 valence electrons. The molecule has 0 amide bonds. The minimum absolute atomic E-state index is 0.0381. The Morgan fingerprint density at radius 1 is 1.30 bits per heavy atom. The van der Waals surface area contributed by atoms with Gasteiger partial charge in [-0.15, -0.1) is 11.3 Å². The van der Waals surface area contributed by atoms with Gasteiger partial charge < -0.3 is 10.2 Å². The summed E-state index contributed by atoms with van der Waals surface area (Å²) in [6.07, 6.45) is 0. The molecule has 2 rings (SSSR count). The topological polar surface area (TPSA) is 94.9 Å². The van der Waals surface area contributed by atoms with Crippen LogP contribution in [0.1, 0.15) is 24.2 Å². The zero-order valence-corrected chi connectivity index (χ0v) is 14.3. The molecule has 8 heteroatoms. The molecule has 6 nitrogen and oxygen atoms in total. The third kappa shape index (κ3) is 3.83. The zero-order chi connectivity index (χ0) is 17.2. The number of anilines is 1. The first-order chi connectivity index (χ1) is 10.7. The van der Waals surface area contributed by atoms with Crippen LogP contribution in [0.4, 0.5) is 5.69 Å². The lowest BCUT2D eigenvalue weighted by atomic mass is 10.2. The van der Waals surface area contributed by atoms with Gasteiger partial charge in [-0.25, -0.2) is 13.2 Å². The summed E-state index contributed by atoms with van der Waals surface area (Å²) in [5, 5.41) is 19.9. The number of hydrogen-bond acceptors (Lipinski definition) is 5. The van der Waals surface area contributed by atoms with Gasteiger partial charge in [0, 0.05) is 18.0 Å². The highest BCUT2D eigenvalue weighted by atomic mass is 32.2. The minimum atomic E-state index is -3.90. The van der Waals surface area contributed by atoms with Crippen molar-refractivity contribution >= 4 is 33.0 Å². The largest absolute Gasteiger partial charge is 0.508 e. The van der Waals surface area contributed by atoms with Gasteiger partial charge >= 0.3 is 5.97 Å². The van der Waals surface area contributed by atoms with Crippen molar-refractivity contribution in [2.24, 2.45) is 5.92 Å². The van der Waals surface area contributed by atoms with Crippen LogP contribution in [0.5, 0.6) is 5.75 Å². The monoisotopic (exact) mass is 355 g/mol. The van der Waals surface area contributed by atoms with Crippen molar-refractivity contribution in [2.75, 3.05) is 10.8 Å². The van der Waals surface area contributed by atoms with Crippen LogP contribution in [-0.2, 0) is 10.0 Å². The number of carbonyl (C=O) groups is 1. The highest BCUT2D eigenvalue weighted by molar-refractivity contribution is 7.94. The second-order valence-electron chi connectivity index (χ2n) is 5.41. The molecule has 0 aliphatic carbocycles. The van der Waals surface area contributed by atoms with Crippen molar-refractivity contribution in [3.63, 3.8) is 0 Å². The van der Waals surface area contributed by atoms with Crippen molar-refractivity contribution in [1.29, 1.82) is 0 Å². The van der Waals surface area contributed by atoms with E-state index >= 15 is 0 Å². The summed E-state index contributed by atoms with van der Waals surface area (Å²) >= 11 is 0.866. The van der Waals surface area contributed by atoms with Crippen molar-refractivity contribution in [3.8, 4) is 5.75 Å². The Morgan fingerprint density at radius 2 is 2.00 bits per heavy atom. The highest BCUT2D eigenvalue weighted by Crippen LogP contribution is 2.30. The second-order valence-corrected chi connectivity index (χ2v) is 8.41. The fourth-order valence-electron chi connectivity index (χ4n) is 1.99. The van der Waals surface area contributed by atoms with Crippen LogP contribution in [0.15, 0.2) is 39.9 Å². The molecule has 0 saturated carbocycles. The minimum Gasteiger partial charge on any atom is -0.508 e. The number of aromatic carboxylic acids is 1. The summed E-state index contributed by atoms with van der Waals surface area (Å²) in [7, 11) is -3.90. The van der Waals surface area contributed by atoms with E-state index in [0.717, 1.165) is 17.4 Å². The van der Waals surface area contributed by atoms with Gasteiger partial charge in [0.25, 0.3) is 10.0 Å². The van der Waals surface area contributed by atoms with E-state index in [1.807, 2.05) is 13.8 Å². The maximum Gasteiger partial charge on any atom is 0.336 e. The van der Waals surface area contributed by atoms with Crippen LogP contribution in [0.25, 0.3) is 0 Å². The van der Waals surface area contributed by atoms with E-state index < -0.39 is 16.0 Å². The molecule has 0 saturated heterocycles. The van der Waals surface area contributed by atoms with Gasteiger partial charge in [0.2, 0.25) is 0 Å². The lowest BCUT2D eigenvalue weighted by Gasteiger charge is -2.25. The second kappa shape index (κ2) is 6.59. The Bertz CT molecular complexity index is 811. The first-order valence-electron chi connectivity index (χ1n) is 6.85. The standard InChI is InChI=1S/C15H17NO5S2/c1-10(2)8-16(12-4-3-5-13(17)7-12)23(20,21)14-6-11(9-22-14)15(18)19/h3-7,9-10,17H,8H2,1-2H3,(H,18,19). The highest BCUT2D eigenvalue weighted by Gasteiger charge is 2.28. The van der Waals surface area contributed by atoms with Gasteiger partial charge in [-0.05, 0) is 24.1 Å². The number of sulfonamides is 1. The average Bonchev–Trinajstić information content (AvgIpc) is 2.95. The van der Waals surface area contributed by atoms with Crippen molar-refractivity contribution < 1.29 is 23.4 Å².